The predicted molar refractivity (Wildman–Crippen MR) is 123 cm³/mol. The number of nitrogens with zero attached hydrogens (tertiary/aromatic N) is 4. The van der Waals surface area contributed by atoms with Crippen LogP contribution in [0.15, 0.2) is 36.2 Å². The van der Waals surface area contributed by atoms with Gasteiger partial charge in [-0.2, -0.15) is 17.7 Å². The molecule has 2 aliphatic rings. The van der Waals surface area contributed by atoms with Crippen LogP contribution in [-0.2, 0) is 20.9 Å². The molecule has 172 valence electrons. The summed E-state index contributed by atoms with van der Waals surface area (Å²) in [5, 5.41) is 4.28. The summed E-state index contributed by atoms with van der Waals surface area (Å²) in [6.07, 6.45) is 5.77. The first kappa shape index (κ1) is 24.4. The van der Waals surface area contributed by atoms with Crippen molar-refractivity contribution in [3.05, 3.63) is 53.4 Å². The van der Waals surface area contributed by atoms with Gasteiger partial charge in [0.05, 0.1) is 13.2 Å². The average Bonchev–Trinajstić information content (AvgIpc) is 3.53. The first-order chi connectivity index (χ1) is 15.0. The number of methoxy groups -OCH3 is 1. The molecule has 2 unspecified atom stereocenters. The van der Waals surface area contributed by atoms with Gasteiger partial charge in [0, 0.05) is 29.8 Å². The second-order valence-electron chi connectivity index (χ2n) is 7.97. The first-order valence-electron chi connectivity index (χ1n) is 10.3. The SMILES string of the molecule is COC(=O)Cn1cnc(/C=C2/CN(C(C(=O)C3CC3)c3ccccc3F)CCC2S)n1.Cl. The molecule has 2 heterocycles. The van der Waals surface area contributed by atoms with E-state index in [1.54, 1.807) is 18.2 Å². The van der Waals surface area contributed by atoms with Crippen LogP contribution in [0.4, 0.5) is 4.39 Å². The second kappa shape index (κ2) is 10.6. The number of Topliss-reactive ketones (excluding diaryl/α,β-unsaturated/α-hetero) is 1. The Morgan fingerprint density at radius 2 is 2.06 bits per heavy atom. The molecule has 2 fully saturated rings. The number of thiol groups is 1. The molecule has 2 atom stereocenters. The molecule has 7 nitrogen and oxygen atoms in total. The number of ether oxygens (including phenoxy) is 1. The molecule has 0 radical (unpaired) electrons. The van der Waals surface area contributed by atoms with Crippen molar-refractivity contribution in [3.8, 4) is 0 Å². The summed E-state index contributed by atoms with van der Waals surface area (Å²) < 4.78 is 20.7. The fraction of sp³-hybridized carbons (Fsp3) is 0.455. The van der Waals surface area contributed by atoms with Crippen LogP contribution in [-0.4, -0.2) is 56.9 Å². The van der Waals surface area contributed by atoms with E-state index < -0.39 is 12.0 Å². The van der Waals surface area contributed by atoms with Crippen LogP contribution >= 0.6 is 25.0 Å². The molecule has 4 rings (SSSR count). The van der Waals surface area contributed by atoms with Crippen molar-refractivity contribution in [2.75, 3.05) is 20.2 Å². The van der Waals surface area contributed by atoms with Crippen LogP contribution in [0.25, 0.3) is 6.08 Å². The highest BCUT2D eigenvalue weighted by molar-refractivity contribution is 7.81. The lowest BCUT2D eigenvalue weighted by atomic mass is 9.93. The first-order valence-corrected chi connectivity index (χ1v) is 10.8. The monoisotopic (exact) mass is 480 g/mol. The van der Waals surface area contributed by atoms with Crippen LogP contribution < -0.4 is 0 Å². The lowest BCUT2D eigenvalue weighted by Gasteiger charge is -2.37. The molecule has 1 aliphatic carbocycles. The summed E-state index contributed by atoms with van der Waals surface area (Å²) >= 11 is 4.70. The molecule has 0 N–H and O–H groups in total. The number of halogens is 2. The average molecular weight is 481 g/mol. The number of benzene rings is 1. The smallest absolute Gasteiger partial charge is 0.327 e. The fourth-order valence-electron chi connectivity index (χ4n) is 3.89. The summed E-state index contributed by atoms with van der Waals surface area (Å²) in [5.41, 5.74) is 1.38. The van der Waals surface area contributed by atoms with Gasteiger partial charge in [-0.15, -0.1) is 12.4 Å². The van der Waals surface area contributed by atoms with Gasteiger partial charge in [0.15, 0.2) is 11.6 Å². The quantitative estimate of drug-likeness (QED) is 0.484. The number of piperidine rings is 1. The number of aromatic nitrogens is 3. The lowest BCUT2D eigenvalue weighted by Crippen LogP contribution is -2.42. The number of esters is 1. The molecule has 0 spiro atoms. The Morgan fingerprint density at radius 3 is 2.75 bits per heavy atom. The van der Waals surface area contributed by atoms with E-state index in [1.807, 2.05) is 11.0 Å². The molecular weight excluding hydrogens is 455 g/mol. The fourth-order valence-corrected chi connectivity index (χ4v) is 4.16. The van der Waals surface area contributed by atoms with Gasteiger partial charge in [-0.25, -0.2) is 14.1 Å². The minimum absolute atomic E-state index is 0. The van der Waals surface area contributed by atoms with Crippen LogP contribution in [0.1, 0.15) is 36.7 Å². The third-order valence-electron chi connectivity index (χ3n) is 5.71. The van der Waals surface area contributed by atoms with Crippen LogP contribution in [0.5, 0.6) is 0 Å². The Hall–Kier alpha value is -2.23. The number of hydrogen-bond acceptors (Lipinski definition) is 7. The maximum Gasteiger partial charge on any atom is 0.327 e. The van der Waals surface area contributed by atoms with Gasteiger partial charge in [-0.1, -0.05) is 18.2 Å². The van der Waals surface area contributed by atoms with Gasteiger partial charge in [0.25, 0.3) is 0 Å². The maximum atomic E-state index is 14.6. The Labute approximate surface area is 197 Å². The largest absolute Gasteiger partial charge is 0.468 e. The zero-order chi connectivity index (χ0) is 22.0. The summed E-state index contributed by atoms with van der Waals surface area (Å²) in [4.78, 5) is 30.8. The third-order valence-corrected chi connectivity index (χ3v) is 6.29. The van der Waals surface area contributed by atoms with Crippen molar-refractivity contribution >= 4 is 42.9 Å². The zero-order valence-corrected chi connectivity index (χ0v) is 19.4. The lowest BCUT2D eigenvalue weighted by molar-refractivity contribution is -0.141. The number of rotatable bonds is 7. The molecule has 0 amide bonds. The van der Waals surface area contributed by atoms with Crippen LogP contribution in [0, 0.1) is 11.7 Å². The Kier molecular flexibility index (Phi) is 8.08. The molecule has 10 heteroatoms. The van der Waals surface area contributed by atoms with Gasteiger partial charge in [-0.3, -0.25) is 14.5 Å². The maximum absolute atomic E-state index is 14.6. The molecule has 2 aromatic rings. The van der Waals surface area contributed by atoms with E-state index in [0.29, 0.717) is 24.5 Å². The summed E-state index contributed by atoms with van der Waals surface area (Å²) in [7, 11) is 1.32. The van der Waals surface area contributed by atoms with E-state index in [0.717, 1.165) is 24.8 Å². The van der Waals surface area contributed by atoms with E-state index in [1.165, 1.54) is 24.2 Å². The number of hydrogen-bond donors (Lipinski definition) is 1. The van der Waals surface area contributed by atoms with Crippen LogP contribution in [0.2, 0.25) is 0 Å². The molecule has 1 aromatic heterocycles. The molecule has 32 heavy (non-hydrogen) atoms. The van der Waals surface area contributed by atoms with E-state index in [9.17, 15) is 14.0 Å². The Bertz CT molecular complexity index is 1010. The molecule has 1 aliphatic heterocycles. The third kappa shape index (κ3) is 5.57. The van der Waals surface area contributed by atoms with Gasteiger partial charge >= 0.3 is 5.97 Å². The summed E-state index contributed by atoms with van der Waals surface area (Å²) in [5.74, 6) is -0.214. The van der Waals surface area contributed by atoms with Crippen molar-refractivity contribution in [2.24, 2.45) is 5.92 Å². The summed E-state index contributed by atoms with van der Waals surface area (Å²) in [6, 6.07) is 5.91. The highest BCUT2D eigenvalue weighted by Crippen LogP contribution is 2.39. The van der Waals surface area contributed by atoms with Crippen molar-refractivity contribution in [2.45, 2.75) is 37.1 Å². The Morgan fingerprint density at radius 1 is 1.31 bits per heavy atom. The predicted octanol–water partition coefficient (Wildman–Crippen LogP) is 3.12. The van der Waals surface area contributed by atoms with Crippen LogP contribution in [0.3, 0.4) is 0 Å². The minimum atomic E-state index is -0.609. The normalized spacial score (nSPS) is 21.1. The number of carbonyl (C=O) groups is 2. The standard InChI is InChI=1S/C22H25FN4O3S.ClH/c1-30-20(28)12-27-13-24-19(25-27)10-15-11-26(9-8-18(15)31)21(22(29)14-6-7-14)16-4-2-3-5-17(16)23;/h2-5,10,13-14,18,21,31H,6-9,11-12H2,1H3;1H/b15-10-;. The van der Waals surface area contributed by atoms with Crippen molar-refractivity contribution in [1.82, 2.24) is 19.7 Å². The second-order valence-corrected chi connectivity index (χ2v) is 8.59. The minimum Gasteiger partial charge on any atom is -0.468 e. The van der Waals surface area contributed by atoms with E-state index >= 15 is 0 Å². The highest BCUT2D eigenvalue weighted by Gasteiger charge is 2.40. The van der Waals surface area contributed by atoms with Gasteiger partial charge in [0.1, 0.15) is 18.7 Å². The van der Waals surface area contributed by atoms with E-state index in [-0.39, 0.29) is 41.7 Å². The molecular formula is C22H26ClFN4O3S. The molecule has 1 saturated carbocycles. The zero-order valence-electron chi connectivity index (χ0n) is 17.7. The number of carbonyl (C=O) groups excluding carboxylic acids is 2. The van der Waals surface area contributed by atoms with Crippen molar-refractivity contribution < 1.29 is 18.7 Å². The molecule has 1 aromatic carbocycles. The molecule has 0 bridgehead atoms. The number of likely N-dealkylation sites (tertiary alicyclic amines) is 1. The Balaban J connectivity index is 0.00000289. The van der Waals surface area contributed by atoms with Gasteiger partial charge < -0.3 is 4.74 Å². The van der Waals surface area contributed by atoms with Crippen molar-refractivity contribution in [1.29, 1.82) is 0 Å². The highest BCUT2D eigenvalue weighted by atomic mass is 35.5. The number of ketones is 1. The van der Waals surface area contributed by atoms with E-state index in [4.69, 9.17) is 12.6 Å². The van der Waals surface area contributed by atoms with Gasteiger partial charge in [0.2, 0.25) is 0 Å². The topological polar surface area (TPSA) is 77.3 Å². The summed E-state index contributed by atoms with van der Waals surface area (Å²) in [6.45, 7) is 1.10. The van der Waals surface area contributed by atoms with Gasteiger partial charge in [-0.05, 0) is 37.0 Å². The van der Waals surface area contributed by atoms with Crippen molar-refractivity contribution in [3.63, 3.8) is 0 Å². The van der Waals surface area contributed by atoms with E-state index in [2.05, 4.69) is 14.8 Å². The molecule has 1 saturated heterocycles.